The lowest BCUT2D eigenvalue weighted by molar-refractivity contribution is -0.0437. The van der Waals surface area contributed by atoms with Gasteiger partial charge in [-0.05, 0) is 17.0 Å². The second kappa shape index (κ2) is 4.68. The Morgan fingerprint density at radius 1 is 1.24 bits per heavy atom. The minimum absolute atomic E-state index is 0.142. The summed E-state index contributed by atoms with van der Waals surface area (Å²) in [5.74, 6) is -0.861. The Labute approximate surface area is 98.4 Å². The Kier molecular flexibility index (Phi) is 3.86. The zero-order valence-electron chi connectivity index (χ0n) is 9.45. The summed E-state index contributed by atoms with van der Waals surface area (Å²) in [5.41, 5.74) is -4.21. The minimum atomic E-state index is -5.19. The van der Waals surface area contributed by atoms with Gasteiger partial charge in [-0.25, -0.2) is 8.42 Å². The number of rotatable bonds is 3. The van der Waals surface area contributed by atoms with E-state index in [1.54, 1.807) is 12.1 Å². The first kappa shape index (κ1) is 14.0. The van der Waals surface area contributed by atoms with E-state index in [2.05, 4.69) is 0 Å². The van der Waals surface area contributed by atoms with Crippen molar-refractivity contribution in [2.45, 2.75) is 31.0 Å². The molecule has 0 aliphatic carbocycles. The van der Waals surface area contributed by atoms with Gasteiger partial charge in [0, 0.05) is 0 Å². The number of sulfone groups is 1. The molecule has 0 spiro atoms. The van der Waals surface area contributed by atoms with Crippen LogP contribution in [0.1, 0.15) is 30.9 Å². The SMILES string of the molecule is CC(C)c1cccc(CS(=O)(=O)C(F)(F)F)c1. The molecular formula is C11H13F3O2S. The standard InChI is InChI=1S/C11H13F3O2S/c1-8(2)10-5-3-4-9(6-10)7-17(15,16)11(12,13)14/h3-6,8H,7H2,1-2H3. The summed E-state index contributed by atoms with van der Waals surface area (Å²) >= 11 is 0. The van der Waals surface area contributed by atoms with Crippen LogP contribution in [0.4, 0.5) is 13.2 Å². The van der Waals surface area contributed by atoms with Crippen LogP contribution in [0.5, 0.6) is 0 Å². The number of hydrogen-bond acceptors (Lipinski definition) is 2. The fourth-order valence-corrected chi connectivity index (χ4v) is 2.13. The predicted octanol–water partition coefficient (Wildman–Crippen LogP) is 3.24. The van der Waals surface area contributed by atoms with E-state index in [-0.39, 0.29) is 11.5 Å². The van der Waals surface area contributed by atoms with Gasteiger partial charge in [0.2, 0.25) is 0 Å². The van der Waals surface area contributed by atoms with Gasteiger partial charge in [-0.1, -0.05) is 38.1 Å². The zero-order chi connectivity index (χ0) is 13.3. The van der Waals surface area contributed by atoms with Crippen molar-refractivity contribution in [3.05, 3.63) is 35.4 Å². The van der Waals surface area contributed by atoms with Gasteiger partial charge in [-0.15, -0.1) is 0 Å². The predicted molar refractivity (Wildman–Crippen MR) is 59.2 cm³/mol. The fraction of sp³-hybridized carbons (Fsp3) is 0.455. The Morgan fingerprint density at radius 3 is 2.29 bits per heavy atom. The Morgan fingerprint density at radius 2 is 1.82 bits per heavy atom. The minimum Gasteiger partial charge on any atom is -0.219 e. The maximum atomic E-state index is 12.2. The summed E-state index contributed by atoms with van der Waals surface area (Å²) in [6, 6.07) is 6.20. The highest BCUT2D eigenvalue weighted by Crippen LogP contribution is 2.27. The van der Waals surface area contributed by atoms with E-state index < -0.39 is 21.1 Å². The van der Waals surface area contributed by atoms with Crippen LogP contribution in [0, 0.1) is 0 Å². The maximum Gasteiger partial charge on any atom is 0.497 e. The van der Waals surface area contributed by atoms with E-state index in [0.717, 1.165) is 5.56 Å². The van der Waals surface area contributed by atoms with Crippen LogP contribution in [0.15, 0.2) is 24.3 Å². The summed E-state index contributed by atoms with van der Waals surface area (Å²) in [6.07, 6.45) is 0. The highest BCUT2D eigenvalue weighted by atomic mass is 32.2. The van der Waals surface area contributed by atoms with Crippen LogP contribution in [-0.2, 0) is 15.6 Å². The molecule has 96 valence electrons. The van der Waals surface area contributed by atoms with Gasteiger partial charge in [0.05, 0.1) is 5.75 Å². The smallest absolute Gasteiger partial charge is 0.219 e. The lowest BCUT2D eigenvalue weighted by Crippen LogP contribution is -2.24. The molecule has 0 unspecified atom stereocenters. The molecule has 2 nitrogen and oxygen atoms in total. The third-order valence-corrected chi connectivity index (χ3v) is 3.75. The monoisotopic (exact) mass is 266 g/mol. The van der Waals surface area contributed by atoms with Crippen molar-refractivity contribution in [3.63, 3.8) is 0 Å². The molecule has 0 bridgehead atoms. The molecule has 1 aromatic rings. The molecule has 0 aliphatic rings. The van der Waals surface area contributed by atoms with Gasteiger partial charge < -0.3 is 0 Å². The molecule has 0 aromatic heterocycles. The summed E-state index contributed by atoms with van der Waals surface area (Å²) in [7, 11) is -5.09. The molecule has 0 saturated carbocycles. The van der Waals surface area contributed by atoms with E-state index in [1.165, 1.54) is 12.1 Å². The summed E-state index contributed by atoms with van der Waals surface area (Å²) in [5, 5.41) is 0. The first-order valence-corrected chi connectivity index (χ1v) is 6.66. The molecule has 6 heteroatoms. The molecule has 1 aromatic carbocycles. The molecule has 0 saturated heterocycles. The molecule has 0 fully saturated rings. The van der Waals surface area contributed by atoms with Crippen molar-refractivity contribution in [1.29, 1.82) is 0 Å². The number of benzene rings is 1. The van der Waals surface area contributed by atoms with Crippen molar-refractivity contribution >= 4 is 9.84 Å². The first-order chi connectivity index (χ1) is 7.63. The average Bonchev–Trinajstić information content (AvgIpc) is 2.15. The number of hydrogen-bond donors (Lipinski definition) is 0. The van der Waals surface area contributed by atoms with Crippen LogP contribution in [-0.4, -0.2) is 13.9 Å². The third kappa shape index (κ3) is 3.46. The van der Waals surface area contributed by atoms with Crippen LogP contribution in [0.25, 0.3) is 0 Å². The van der Waals surface area contributed by atoms with Crippen molar-refractivity contribution in [1.82, 2.24) is 0 Å². The maximum absolute atomic E-state index is 12.2. The zero-order valence-corrected chi connectivity index (χ0v) is 10.3. The second-order valence-electron chi connectivity index (χ2n) is 4.10. The van der Waals surface area contributed by atoms with Crippen molar-refractivity contribution < 1.29 is 21.6 Å². The van der Waals surface area contributed by atoms with E-state index in [9.17, 15) is 21.6 Å². The van der Waals surface area contributed by atoms with E-state index >= 15 is 0 Å². The van der Waals surface area contributed by atoms with Crippen molar-refractivity contribution in [2.75, 3.05) is 0 Å². The van der Waals surface area contributed by atoms with Crippen LogP contribution >= 0.6 is 0 Å². The largest absolute Gasteiger partial charge is 0.497 e. The highest BCUT2D eigenvalue weighted by molar-refractivity contribution is 7.91. The van der Waals surface area contributed by atoms with Crippen LogP contribution in [0.3, 0.4) is 0 Å². The topological polar surface area (TPSA) is 34.1 Å². The van der Waals surface area contributed by atoms with Gasteiger partial charge in [-0.3, -0.25) is 0 Å². The molecule has 0 aliphatic heterocycles. The van der Waals surface area contributed by atoms with Gasteiger partial charge in [0.25, 0.3) is 9.84 Å². The lowest BCUT2D eigenvalue weighted by atomic mass is 10.0. The Bertz CT molecular complexity index is 490. The molecule has 0 heterocycles. The van der Waals surface area contributed by atoms with Crippen molar-refractivity contribution in [2.24, 2.45) is 0 Å². The molecule has 0 N–H and O–H groups in total. The quantitative estimate of drug-likeness (QED) is 0.841. The second-order valence-corrected chi connectivity index (χ2v) is 6.09. The lowest BCUT2D eigenvalue weighted by Gasteiger charge is -2.10. The fourth-order valence-electron chi connectivity index (χ4n) is 1.34. The summed E-state index contributed by atoms with van der Waals surface area (Å²) in [4.78, 5) is 0. The summed E-state index contributed by atoms with van der Waals surface area (Å²) < 4.78 is 58.5. The van der Waals surface area contributed by atoms with E-state index in [4.69, 9.17) is 0 Å². The van der Waals surface area contributed by atoms with Gasteiger partial charge in [0.15, 0.2) is 0 Å². The normalized spacial score (nSPS) is 13.1. The average molecular weight is 266 g/mol. The van der Waals surface area contributed by atoms with Gasteiger partial charge >= 0.3 is 5.51 Å². The van der Waals surface area contributed by atoms with Crippen LogP contribution < -0.4 is 0 Å². The molecule has 0 radical (unpaired) electrons. The Hall–Kier alpha value is -1.04. The molecule has 1 rings (SSSR count). The number of alkyl halides is 3. The van der Waals surface area contributed by atoms with Gasteiger partial charge in [0.1, 0.15) is 0 Å². The molecule has 17 heavy (non-hydrogen) atoms. The molecular weight excluding hydrogens is 253 g/mol. The highest BCUT2D eigenvalue weighted by Gasteiger charge is 2.45. The Balaban J connectivity index is 3.01. The van der Waals surface area contributed by atoms with Crippen LogP contribution in [0.2, 0.25) is 0 Å². The third-order valence-electron chi connectivity index (χ3n) is 2.33. The van der Waals surface area contributed by atoms with E-state index in [0.29, 0.717) is 0 Å². The molecule has 0 amide bonds. The summed E-state index contributed by atoms with van der Waals surface area (Å²) in [6.45, 7) is 3.77. The van der Waals surface area contributed by atoms with Crippen molar-refractivity contribution in [3.8, 4) is 0 Å². The van der Waals surface area contributed by atoms with E-state index in [1.807, 2.05) is 13.8 Å². The number of halogens is 3. The molecule has 0 atom stereocenters. The van der Waals surface area contributed by atoms with Gasteiger partial charge in [-0.2, -0.15) is 13.2 Å². The first-order valence-electron chi connectivity index (χ1n) is 5.01.